The van der Waals surface area contributed by atoms with Crippen LogP contribution in [0.4, 0.5) is 0 Å². The van der Waals surface area contributed by atoms with Crippen LogP contribution in [-0.4, -0.2) is 16.8 Å². The predicted molar refractivity (Wildman–Crippen MR) is 56.2 cm³/mol. The minimum Gasteiger partial charge on any atom is -0.460 e. The minimum absolute atomic E-state index is 0.113. The smallest absolute Gasteiger partial charge is 0.212 e. The molecule has 0 saturated carbocycles. The Hall–Kier alpha value is -0.220. The summed E-state index contributed by atoms with van der Waals surface area (Å²) in [5, 5.41) is 0.113. The number of carbonyl (C=O) groups is 1. The van der Waals surface area contributed by atoms with Crippen LogP contribution in [0.2, 0.25) is 0 Å². The molecule has 2 heterocycles. The van der Waals surface area contributed by atoms with Gasteiger partial charge in [-0.2, -0.15) is 11.8 Å². The second-order valence-electron chi connectivity index (χ2n) is 2.96. The highest BCUT2D eigenvalue weighted by Gasteiger charge is 2.27. The van der Waals surface area contributed by atoms with Crippen LogP contribution in [0.3, 0.4) is 0 Å². The molecule has 4 heteroatoms. The molecule has 1 aliphatic heterocycles. The number of rotatable bonds is 2. The molecule has 0 aliphatic carbocycles. The Labute approximate surface area is 89.2 Å². The number of furan rings is 1. The molecule has 1 aromatic heterocycles. The van der Waals surface area contributed by atoms with Gasteiger partial charge in [-0.25, -0.2) is 0 Å². The quantitative estimate of drug-likeness (QED) is 0.766. The topological polar surface area (TPSA) is 30.2 Å². The van der Waals surface area contributed by atoms with E-state index in [1.54, 1.807) is 17.8 Å². The van der Waals surface area contributed by atoms with Crippen molar-refractivity contribution in [3.8, 4) is 0 Å². The largest absolute Gasteiger partial charge is 0.460 e. The van der Waals surface area contributed by atoms with Crippen molar-refractivity contribution in [2.24, 2.45) is 0 Å². The molecule has 13 heavy (non-hydrogen) atoms. The number of Topliss-reactive ketones (excluding diaryl/α,β-unsaturated/α-hetero) is 1. The van der Waals surface area contributed by atoms with E-state index in [4.69, 9.17) is 4.42 Å². The molecule has 0 aromatic carbocycles. The molecule has 1 atom stereocenters. The molecular formula is C9H9BrO2S. The highest BCUT2D eigenvalue weighted by Crippen LogP contribution is 2.31. The van der Waals surface area contributed by atoms with Gasteiger partial charge in [0, 0.05) is 0 Å². The number of thioether (sulfide) groups is 1. The number of carbonyl (C=O) groups excluding carboxylic acids is 1. The van der Waals surface area contributed by atoms with Gasteiger partial charge < -0.3 is 4.42 Å². The molecule has 1 aliphatic rings. The van der Waals surface area contributed by atoms with E-state index in [0.29, 0.717) is 5.76 Å². The monoisotopic (exact) mass is 260 g/mol. The van der Waals surface area contributed by atoms with E-state index in [0.717, 1.165) is 23.1 Å². The van der Waals surface area contributed by atoms with Crippen molar-refractivity contribution in [1.29, 1.82) is 0 Å². The number of ketones is 1. The van der Waals surface area contributed by atoms with Gasteiger partial charge in [-0.1, -0.05) is 0 Å². The highest BCUT2D eigenvalue weighted by molar-refractivity contribution is 9.10. The second kappa shape index (κ2) is 3.88. The summed E-state index contributed by atoms with van der Waals surface area (Å²) in [4.78, 5) is 11.8. The van der Waals surface area contributed by atoms with Crippen LogP contribution in [0.25, 0.3) is 0 Å². The first-order chi connectivity index (χ1) is 6.29. The maximum atomic E-state index is 11.8. The molecule has 0 spiro atoms. The molecule has 2 rings (SSSR count). The Morgan fingerprint density at radius 1 is 1.69 bits per heavy atom. The van der Waals surface area contributed by atoms with Crippen molar-refractivity contribution in [1.82, 2.24) is 0 Å². The normalized spacial score (nSPS) is 22.1. The van der Waals surface area contributed by atoms with E-state index in [9.17, 15) is 4.79 Å². The van der Waals surface area contributed by atoms with Gasteiger partial charge >= 0.3 is 0 Å². The standard InChI is InChI=1S/C9H9BrO2S/c10-6-3-4-12-9(6)8(11)7-2-1-5-13-7/h3-4,7H,1-2,5H2. The summed E-state index contributed by atoms with van der Waals surface area (Å²) in [6, 6.07) is 1.76. The summed E-state index contributed by atoms with van der Waals surface area (Å²) in [6.07, 6.45) is 3.66. The first-order valence-corrected chi connectivity index (χ1v) is 6.02. The van der Waals surface area contributed by atoms with E-state index in [1.807, 2.05) is 0 Å². The Morgan fingerprint density at radius 2 is 2.54 bits per heavy atom. The minimum atomic E-state index is 0.113. The third-order valence-corrected chi connectivity index (χ3v) is 4.06. The molecule has 70 valence electrons. The van der Waals surface area contributed by atoms with Gasteiger partial charge in [0.1, 0.15) is 0 Å². The maximum Gasteiger partial charge on any atom is 0.212 e. The summed E-state index contributed by atoms with van der Waals surface area (Å²) in [7, 11) is 0. The lowest BCUT2D eigenvalue weighted by molar-refractivity contribution is 0.0961. The van der Waals surface area contributed by atoms with Crippen LogP contribution in [0.1, 0.15) is 23.4 Å². The number of hydrogen-bond acceptors (Lipinski definition) is 3. The zero-order valence-corrected chi connectivity index (χ0v) is 9.36. The van der Waals surface area contributed by atoms with Gasteiger partial charge in [0.25, 0.3) is 0 Å². The fourth-order valence-corrected chi connectivity index (χ4v) is 3.01. The van der Waals surface area contributed by atoms with Crippen molar-refractivity contribution in [2.75, 3.05) is 5.75 Å². The van der Waals surface area contributed by atoms with Crippen molar-refractivity contribution in [2.45, 2.75) is 18.1 Å². The second-order valence-corrected chi connectivity index (χ2v) is 5.13. The average molecular weight is 261 g/mol. The molecule has 1 aromatic rings. The van der Waals surface area contributed by atoms with E-state index in [1.165, 1.54) is 6.26 Å². The summed E-state index contributed by atoms with van der Waals surface area (Å²) in [5.41, 5.74) is 0. The summed E-state index contributed by atoms with van der Waals surface area (Å²) < 4.78 is 5.90. The van der Waals surface area contributed by atoms with Crippen LogP contribution in [-0.2, 0) is 0 Å². The summed E-state index contributed by atoms with van der Waals surface area (Å²) in [6.45, 7) is 0. The van der Waals surface area contributed by atoms with E-state index in [-0.39, 0.29) is 11.0 Å². The Balaban J connectivity index is 2.17. The van der Waals surface area contributed by atoms with Crippen LogP contribution in [0.5, 0.6) is 0 Å². The van der Waals surface area contributed by atoms with Crippen LogP contribution < -0.4 is 0 Å². The molecule has 1 saturated heterocycles. The van der Waals surface area contributed by atoms with E-state index < -0.39 is 0 Å². The van der Waals surface area contributed by atoms with Crippen molar-refractivity contribution in [3.63, 3.8) is 0 Å². The lowest BCUT2D eigenvalue weighted by atomic mass is 10.1. The maximum absolute atomic E-state index is 11.8. The molecular weight excluding hydrogens is 252 g/mol. The first kappa shape index (κ1) is 9.34. The summed E-state index contributed by atoms with van der Waals surface area (Å²) >= 11 is 5.02. The zero-order valence-electron chi connectivity index (χ0n) is 6.96. The first-order valence-electron chi connectivity index (χ1n) is 4.18. The third-order valence-electron chi connectivity index (χ3n) is 2.06. The van der Waals surface area contributed by atoms with Gasteiger partial charge in [0.15, 0.2) is 5.76 Å². The molecule has 0 N–H and O–H groups in total. The van der Waals surface area contributed by atoms with Crippen LogP contribution in [0.15, 0.2) is 21.2 Å². The summed E-state index contributed by atoms with van der Waals surface area (Å²) in [5.74, 6) is 1.69. The number of halogens is 1. The lowest BCUT2D eigenvalue weighted by Gasteiger charge is -2.04. The molecule has 0 bridgehead atoms. The van der Waals surface area contributed by atoms with Crippen LogP contribution >= 0.6 is 27.7 Å². The number of hydrogen-bond donors (Lipinski definition) is 0. The Bertz CT molecular complexity index is 315. The SMILES string of the molecule is O=C(c1occc1Br)C1CCCS1. The van der Waals surface area contributed by atoms with Crippen molar-refractivity contribution in [3.05, 3.63) is 22.6 Å². The van der Waals surface area contributed by atoms with Crippen molar-refractivity contribution < 1.29 is 9.21 Å². The van der Waals surface area contributed by atoms with Gasteiger partial charge in [-0.05, 0) is 40.6 Å². The van der Waals surface area contributed by atoms with Crippen LogP contribution in [0, 0.1) is 0 Å². The Kier molecular flexibility index (Phi) is 2.79. The zero-order chi connectivity index (χ0) is 9.26. The van der Waals surface area contributed by atoms with E-state index >= 15 is 0 Å². The Morgan fingerprint density at radius 3 is 3.08 bits per heavy atom. The fourth-order valence-electron chi connectivity index (χ4n) is 1.40. The van der Waals surface area contributed by atoms with Gasteiger partial charge in [-0.15, -0.1) is 0 Å². The molecule has 0 radical (unpaired) electrons. The fraction of sp³-hybridized carbons (Fsp3) is 0.444. The molecule has 1 fully saturated rings. The third kappa shape index (κ3) is 1.83. The molecule has 1 unspecified atom stereocenters. The van der Waals surface area contributed by atoms with Gasteiger partial charge in [-0.3, -0.25) is 4.79 Å². The molecule has 2 nitrogen and oxygen atoms in total. The predicted octanol–water partition coefficient (Wildman–Crippen LogP) is 3.12. The van der Waals surface area contributed by atoms with Gasteiger partial charge in [0.05, 0.1) is 16.0 Å². The highest BCUT2D eigenvalue weighted by atomic mass is 79.9. The van der Waals surface area contributed by atoms with E-state index in [2.05, 4.69) is 15.9 Å². The average Bonchev–Trinajstić information content (AvgIpc) is 2.72. The lowest BCUT2D eigenvalue weighted by Crippen LogP contribution is -2.13. The van der Waals surface area contributed by atoms with Crippen molar-refractivity contribution >= 4 is 33.5 Å². The molecule has 0 amide bonds. The van der Waals surface area contributed by atoms with Gasteiger partial charge in [0.2, 0.25) is 5.78 Å².